The Labute approximate surface area is 86.1 Å². The number of hydrogen-bond donors (Lipinski definition) is 1. The molecule has 3 nitrogen and oxygen atoms in total. The predicted molar refractivity (Wildman–Crippen MR) is 56.7 cm³/mol. The first-order valence-electron chi connectivity index (χ1n) is 4.39. The van der Waals surface area contributed by atoms with Crippen LogP contribution >= 0.6 is 15.9 Å². The van der Waals surface area contributed by atoms with Crippen LogP contribution in [-0.4, -0.2) is 24.1 Å². The fourth-order valence-corrected chi connectivity index (χ4v) is 1.90. The fraction of sp³-hybridized carbons (Fsp3) is 0.444. The Hall–Kier alpha value is -0.610. The van der Waals surface area contributed by atoms with Gasteiger partial charge in [-0.25, -0.2) is 4.98 Å². The van der Waals surface area contributed by atoms with Crippen molar-refractivity contribution in [2.24, 2.45) is 5.73 Å². The molecule has 0 aliphatic carbocycles. The molecule has 1 saturated heterocycles. The van der Waals surface area contributed by atoms with Crippen LogP contribution in [0.2, 0.25) is 0 Å². The minimum atomic E-state index is 0.306. The second-order valence-electron chi connectivity index (χ2n) is 3.31. The van der Waals surface area contributed by atoms with Crippen molar-refractivity contribution in [3.63, 3.8) is 0 Å². The average molecular weight is 242 g/mol. The Morgan fingerprint density at radius 2 is 2.38 bits per heavy atom. The highest BCUT2D eigenvalue weighted by atomic mass is 79.9. The van der Waals surface area contributed by atoms with Crippen molar-refractivity contribution < 1.29 is 0 Å². The van der Waals surface area contributed by atoms with E-state index in [9.17, 15) is 0 Å². The number of pyridine rings is 1. The van der Waals surface area contributed by atoms with E-state index in [0.717, 1.165) is 29.9 Å². The van der Waals surface area contributed by atoms with Crippen molar-refractivity contribution in [2.75, 3.05) is 18.0 Å². The number of nitrogens with two attached hydrogens (primary N) is 1. The molecule has 1 fully saturated rings. The molecule has 4 heteroatoms. The molecular weight excluding hydrogens is 230 g/mol. The van der Waals surface area contributed by atoms with Gasteiger partial charge in [0.15, 0.2) is 0 Å². The minimum absolute atomic E-state index is 0.306. The van der Waals surface area contributed by atoms with E-state index in [4.69, 9.17) is 5.73 Å². The van der Waals surface area contributed by atoms with Gasteiger partial charge in [-0.2, -0.15) is 0 Å². The highest BCUT2D eigenvalue weighted by Crippen LogP contribution is 2.18. The molecule has 0 saturated carbocycles. The van der Waals surface area contributed by atoms with Crippen molar-refractivity contribution in [3.8, 4) is 0 Å². The van der Waals surface area contributed by atoms with E-state index in [0.29, 0.717) is 6.04 Å². The van der Waals surface area contributed by atoms with Gasteiger partial charge in [-0.15, -0.1) is 0 Å². The smallest absolute Gasteiger partial charge is 0.129 e. The van der Waals surface area contributed by atoms with Gasteiger partial charge in [-0.1, -0.05) is 6.07 Å². The van der Waals surface area contributed by atoms with Gasteiger partial charge < -0.3 is 10.6 Å². The van der Waals surface area contributed by atoms with Gasteiger partial charge in [0.2, 0.25) is 0 Å². The number of nitrogens with zero attached hydrogens (tertiary/aromatic N) is 2. The molecule has 1 atom stereocenters. The molecule has 70 valence electrons. The van der Waals surface area contributed by atoms with Crippen LogP contribution in [0.25, 0.3) is 0 Å². The summed E-state index contributed by atoms with van der Waals surface area (Å²) in [6.45, 7) is 1.94. The van der Waals surface area contributed by atoms with Crippen LogP contribution in [0.3, 0.4) is 0 Å². The fourth-order valence-electron chi connectivity index (χ4n) is 1.57. The van der Waals surface area contributed by atoms with E-state index in [2.05, 4.69) is 25.8 Å². The molecule has 0 radical (unpaired) electrons. The van der Waals surface area contributed by atoms with Crippen LogP contribution in [0.15, 0.2) is 22.8 Å². The Morgan fingerprint density at radius 1 is 1.54 bits per heavy atom. The summed E-state index contributed by atoms with van der Waals surface area (Å²) in [6, 6.07) is 6.25. The molecular formula is C9H12BrN3. The lowest BCUT2D eigenvalue weighted by molar-refractivity contribution is 0.751. The lowest BCUT2D eigenvalue weighted by Gasteiger charge is -2.16. The van der Waals surface area contributed by atoms with Crippen LogP contribution in [0, 0.1) is 0 Å². The molecule has 2 N–H and O–H groups in total. The quantitative estimate of drug-likeness (QED) is 0.756. The molecule has 0 amide bonds. The van der Waals surface area contributed by atoms with Gasteiger partial charge in [0.25, 0.3) is 0 Å². The van der Waals surface area contributed by atoms with Gasteiger partial charge >= 0.3 is 0 Å². The molecule has 0 aromatic carbocycles. The summed E-state index contributed by atoms with van der Waals surface area (Å²) >= 11 is 3.36. The second-order valence-corrected chi connectivity index (χ2v) is 4.13. The monoisotopic (exact) mass is 241 g/mol. The molecule has 0 bridgehead atoms. The molecule has 0 spiro atoms. The summed E-state index contributed by atoms with van der Waals surface area (Å²) in [5, 5.41) is 0. The molecule has 1 aromatic rings. The Balaban J connectivity index is 2.16. The first-order valence-corrected chi connectivity index (χ1v) is 5.18. The zero-order chi connectivity index (χ0) is 9.26. The van der Waals surface area contributed by atoms with E-state index in [1.54, 1.807) is 0 Å². The minimum Gasteiger partial charge on any atom is -0.355 e. The maximum Gasteiger partial charge on any atom is 0.129 e. The Bertz CT molecular complexity index is 303. The van der Waals surface area contributed by atoms with Crippen molar-refractivity contribution in [1.29, 1.82) is 0 Å². The largest absolute Gasteiger partial charge is 0.355 e. The number of halogens is 1. The van der Waals surface area contributed by atoms with Crippen LogP contribution < -0.4 is 10.6 Å². The molecule has 2 heterocycles. The highest BCUT2D eigenvalue weighted by Gasteiger charge is 2.19. The molecule has 13 heavy (non-hydrogen) atoms. The van der Waals surface area contributed by atoms with E-state index < -0.39 is 0 Å². The SMILES string of the molecule is NC1CCN(c2cccc(Br)n2)C1. The van der Waals surface area contributed by atoms with Crippen molar-refractivity contribution >= 4 is 21.7 Å². The van der Waals surface area contributed by atoms with E-state index >= 15 is 0 Å². The van der Waals surface area contributed by atoms with Crippen LogP contribution in [0.4, 0.5) is 5.82 Å². The molecule has 1 unspecified atom stereocenters. The summed E-state index contributed by atoms with van der Waals surface area (Å²) in [7, 11) is 0. The third-order valence-corrected chi connectivity index (χ3v) is 2.69. The lowest BCUT2D eigenvalue weighted by Crippen LogP contribution is -2.26. The van der Waals surface area contributed by atoms with E-state index in [-0.39, 0.29) is 0 Å². The van der Waals surface area contributed by atoms with Crippen molar-refractivity contribution in [3.05, 3.63) is 22.8 Å². The average Bonchev–Trinajstić information content (AvgIpc) is 2.52. The topological polar surface area (TPSA) is 42.1 Å². The first kappa shape index (κ1) is 8.97. The van der Waals surface area contributed by atoms with Gasteiger partial charge in [-0.3, -0.25) is 0 Å². The maximum absolute atomic E-state index is 5.82. The van der Waals surface area contributed by atoms with Gasteiger partial charge in [-0.05, 0) is 34.5 Å². The van der Waals surface area contributed by atoms with E-state index in [1.807, 2.05) is 18.2 Å². The molecule has 1 aliphatic rings. The summed E-state index contributed by atoms with van der Waals surface area (Å²) in [5.74, 6) is 1.02. The normalized spacial score (nSPS) is 22.3. The molecule has 1 aromatic heterocycles. The third-order valence-electron chi connectivity index (χ3n) is 2.25. The summed E-state index contributed by atoms with van der Waals surface area (Å²) in [5.41, 5.74) is 5.82. The number of hydrogen-bond acceptors (Lipinski definition) is 3. The first-order chi connectivity index (χ1) is 6.25. The van der Waals surface area contributed by atoms with Crippen LogP contribution in [0.5, 0.6) is 0 Å². The standard InChI is InChI=1S/C9H12BrN3/c10-8-2-1-3-9(12-8)13-5-4-7(11)6-13/h1-3,7H,4-6,11H2. The number of anilines is 1. The van der Waals surface area contributed by atoms with Gasteiger partial charge in [0.05, 0.1) is 0 Å². The lowest BCUT2D eigenvalue weighted by atomic mass is 10.3. The highest BCUT2D eigenvalue weighted by molar-refractivity contribution is 9.10. The van der Waals surface area contributed by atoms with Crippen LogP contribution in [0.1, 0.15) is 6.42 Å². The van der Waals surface area contributed by atoms with E-state index in [1.165, 1.54) is 0 Å². The second kappa shape index (κ2) is 3.64. The van der Waals surface area contributed by atoms with Gasteiger partial charge in [0, 0.05) is 19.1 Å². The predicted octanol–water partition coefficient (Wildman–Crippen LogP) is 1.38. The summed E-state index contributed by atoms with van der Waals surface area (Å²) < 4.78 is 0.880. The third kappa shape index (κ3) is 2.00. The van der Waals surface area contributed by atoms with Crippen molar-refractivity contribution in [1.82, 2.24) is 4.98 Å². The zero-order valence-electron chi connectivity index (χ0n) is 7.28. The molecule has 1 aliphatic heterocycles. The number of aromatic nitrogens is 1. The zero-order valence-corrected chi connectivity index (χ0v) is 8.87. The molecule has 2 rings (SSSR count). The Kier molecular flexibility index (Phi) is 2.51. The summed E-state index contributed by atoms with van der Waals surface area (Å²) in [4.78, 5) is 6.59. The summed E-state index contributed by atoms with van der Waals surface area (Å²) in [6.07, 6.45) is 1.06. The number of rotatable bonds is 1. The van der Waals surface area contributed by atoms with Crippen molar-refractivity contribution in [2.45, 2.75) is 12.5 Å². The Morgan fingerprint density at radius 3 is 3.00 bits per heavy atom. The maximum atomic E-state index is 5.82. The van der Waals surface area contributed by atoms with Gasteiger partial charge in [0.1, 0.15) is 10.4 Å². The van der Waals surface area contributed by atoms with Crippen LogP contribution in [-0.2, 0) is 0 Å².